The van der Waals surface area contributed by atoms with Crippen molar-refractivity contribution in [2.24, 2.45) is 5.73 Å². The molecule has 0 aromatic heterocycles. The molecule has 1 saturated heterocycles. The van der Waals surface area contributed by atoms with Crippen LogP contribution in [0.25, 0.3) is 0 Å². The van der Waals surface area contributed by atoms with Crippen molar-refractivity contribution in [3.63, 3.8) is 0 Å². The van der Waals surface area contributed by atoms with Crippen LogP contribution in [0, 0.1) is 11.6 Å². The zero-order valence-corrected chi connectivity index (χ0v) is 16.1. The van der Waals surface area contributed by atoms with Crippen LogP contribution in [-0.2, 0) is 16.0 Å². The SMILES string of the molecule is N[C@@H](CC(=O)N1CCN(CCOCCO)CC1)[C@H]1CCc2cc(F)c(F)cc21. The van der Waals surface area contributed by atoms with E-state index < -0.39 is 17.7 Å². The van der Waals surface area contributed by atoms with E-state index >= 15 is 0 Å². The van der Waals surface area contributed by atoms with Gasteiger partial charge in [0.05, 0.1) is 19.8 Å². The van der Waals surface area contributed by atoms with Gasteiger partial charge >= 0.3 is 0 Å². The lowest BCUT2D eigenvalue weighted by Gasteiger charge is -2.35. The minimum atomic E-state index is -0.858. The van der Waals surface area contributed by atoms with Gasteiger partial charge in [-0.2, -0.15) is 0 Å². The van der Waals surface area contributed by atoms with E-state index in [1.54, 1.807) is 0 Å². The summed E-state index contributed by atoms with van der Waals surface area (Å²) in [7, 11) is 0. The van der Waals surface area contributed by atoms with E-state index in [2.05, 4.69) is 4.90 Å². The number of carbonyl (C=O) groups excluding carboxylic acids is 1. The summed E-state index contributed by atoms with van der Waals surface area (Å²) in [6.07, 6.45) is 1.59. The number of piperazine rings is 1. The van der Waals surface area contributed by atoms with Crippen molar-refractivity contribution in [1.82, 2.24) is 9.80 Å². The molecular weight excluding hydrogens is 368 g/mol. The number of aliphatic hydroxyl groups is 1. The average Bonchev–Trinajstić information content (AvgIpc) is 3.08. The molecule has 1 aromatic rings. The summed E-state index contributed by atoms with van der Waals surface area (Å²) in [4.78, 5) is 16.7. The van der Waals surface area contributed by atoms with Gasteiger partial charge < -0.3 is 20.5 Å². The van der Waals surface area contributed by atoms with Crippen LogP contribution in [0.5, 0.6) is 0 Å². The number of benzene rings is 1. The number of nitrogens with zero attached hydrogens (tertiary/aromatic N) is 2. The van der Waals surface area contributed by atoms with Gasteiger partial charge in [0, 0.05) is 51.1 Å². The number of rotatable bonds is 8. The molecule has 0 saturated carbocycles. The number of fused-ring (bicyclic) bond motifs is 1. The highest BCUT2D eigenvalue weighted by Crippen LogP contribution is 2.37. The lowest BCUT2D eigenvalue weighted by atomic mass is 9.91. The Morgan fingerprint density at radius 1 is 1.21 bits per heavy atom. The average molecular weight is 397 g/mol. The van der Waals surface area contributed by atoms with Crippen LogP contribution in [0.15, 0.2) is 12.1 Å². The van der Waals surface area contributed by atoms with Crippen molar-refractivity contribution >= 4 is 5.91 Å². The molecule has 0 bridgehead atoms. The molecule has 1 aliphatic carbocycles. The number of carbonyl (C=O) groups is 1. The van der Waals surface area contributed by atoms with Crippen LogP contribution in [0.1, 0.15) is 29.9 Å². The Hall–Kier alpha value is -1.61. The van der Waals surface area contributed by atoms with Gasteiger partial charge in [-0.25, -0.2) is 8.78 Å². The molecule has 1 heterocycles. The molecule has 1 fully saturated rings. The Labute approximate surface area is 164 Å². The molecule has 0 unspecified atom stereocenters. The second-order valence-corrected chi connectivity index (χ2v) is 7.54. The highest BCUT2D eigenvalue weighted by atomic mass is 19.2. The molecule has 1 aromatic carbocycles. The summed E-state index contributed by atoms with van der Waals surface area (Å²) in [5.41, 5.74) is 7.84. The van der Waals surface area contributed by atoms with Crippen molar-refractivity contribution in [2.45, 2.75) is 31.2 Å². The monoisotopic (exact) mass is 397 g/mol. The summed E-state index contributed by atoms with van der Waals surface area (Å²) in [5, 5.41) is 8.70. The number of hydrogen-bond acceptors (Lipinski definition) is 5. The molecular formula is C20H29F2N3O3. The van der Waals surface area contributed by atoms with Gasteiger partial charge in [-0.05, 0) is 36.1 Å². The second-order valence-electron chi connectivity index (χ2n) is 7.54. The molecule has 3 N–H and O–H groups in total. The van der Waals surface area contributed by atoms with E-state index in [9.17, 15) is 13.6 Å². The van der Waals surface area contributed by atoms with Gasteiger partial charge in [0.2, 0.25) is 5.91 Å². The molecule has 28 heavy (non-hydrogen) atoms. The summed E-state index contributed by atoms with van der Waals surface area (Å²) >= 11 is 0. The maximum Gasteiger partial charge on any atom is 0.224 e. The Kier molecular flexibility index (Phi) is 7.34. The molecule has 1 aliphatic heterocycles. The van der Waals surface area contributed by atoms with Gasteiger partial charge in [-0.1, -0.05) is 0 Å². The maximum atomic E-state index is 13.6. The molecule has 2 atom stereocenters. The minimum Gasteiger partial charge on any atom is -0.394 e. The number of halogens is 2. The van der Waals surface area contributed by atoms with E-state index in [0.717, 1.165) is 30.8 Å². The van der Waals surface area contributed by atoms with E-state index in [1.165, 1.54) is 12.1 Å². The van der Waals surface area contributed by atoms with Crippen LogP contribution in [-0.4, -0.2) is 79.4 Å². The Balaban J connectivity index is 1.47. The third kappa shape index (κ3) is 5.05. The zero-order chi connectivity index (χ0) is 20.1. The summed E-state index contributed by atoms with van der Waals surface area (Å²) in [6.45, 7) is 4.56. The van der Waals surface area contributed by atoms with Gasteiger partial charge in [-0.3, -0.25) is 9.69 Å². The Morgan fingerprint density at radius 3 is 2.64 bits per heavy atom. The fourth-order valence-corrected chi connectivity index (χ4v) is 4.13. The topological polar surface area (TPSA) is 79.0 Å². The number of nitrogens with two attached hydrogens (primary N) is 1. The Morgan fingerprint density at radius 2 is 1.93 bits per heavy atom. The van der Waals surface area contributed by atoms with Gasteiger partial charge in [0.15, 0.2) is 11.6 Å². The number of aryl methyl sites for hydroxylation is 1. The third-order valence-electron chi connectivity index (χ3n) is 5.75. The lowest BCUT2D eigenvalue weighted by Crippen LogP contribution is -2.50. The van der Waals surface area contributed by atoms with E-state index in [-0.39, 0.29) is 24.9 Å². The van der Waals surface area contributed by atoms with Crippen molar-refractivity contribution in [3.05, 3.63) is 34.9 Å². The fraction of sp³-hybridized carbons (Fsp3) is 0.650. The number of hydrogen-bond donors (Lipinski definition) is 2. The smallest absolute Gasteiger partial charge is 0.224 e. The summed E-state index contributed by atoms with van der Waals surface area (Å²) in [6, 6.07) is 2.09. The second kappa shape index (κ2) is 9.73. The highest BCUT2D eigenvalue weighted by molar-refractivity contribution is 5.77. The normalized spacial score (nSPS) is 21.0. The third-order valence-corrected chi connectivity index (χ3v) is 5.75. The maximum absolute atomic E-state index is 13.6. The molecule has 2 aliphatic rings. The molecule has 0 radical (unpaired) electrons. The van der Waals surface area contributed by atoms with E-state index in [4.69, 9.17) is 15.6 Å². The molecule has 3 rings (SSSR count). The van der Waals surface area contributed by atoms with E-state index in [0.29, 0.717) is 39.1 Å². The minimum absolute atomic E-state index is 0.0136. The first-order valence-corrected chi connectivity index (χ1v) is 9.91. The fourth-order valence-electron chi connectivity index (χ4n) is 4.13. The largest absolute Gasteiger partial charge is 0.394 e. The van der Waals surface area contributed by atoms with Gasteiger partial charge in [-0.15, -0.1) is 0 Å². The first-order chi connectivity index (χ1) is 13.5. The zero-order valence-electron chi connectivity index (χ0n) is 16.1. The van der Waals surface area contributed by atoms with Crippen LogP contribution in [0.3, 0.4) is 0 Å². The molecule has 0 spiro atoms. The van der Waals surface area contributed by atoms with Crippen LogP contribution in [0.2, 0.25) is 0 Å². The molecule has 1 amide bonds. The van der Waals surface area contributed by atoms with E-state index in [1.807, 2.05) is 4.90 Å². The van der Waals surface area contributed by atoms with Gasteiger partial charge in [0.1, 0.15) is 0 Å². The number of aliphatic hydroxyl groups excluding tert-OH is 1. The summed E-state index contributed by atoms with van der Waals surface area (Å²) in [5.74, 6) is -1.79. The van der Waals surface area contributed by atoms with Crippen LogP contribution < -0.4 is 5.73 Å². The standard InChI is InChI=1S/C20H29F2N3O3/c21-17-11-14-1-2-15(16(14)12-18(17)22)19(23)13-20(27)25-5-3-24(4-6-25)7-9-28-10-8-26/h11-12,15,19,26H,1-10,13,23H2/t15-,19-/m0/s1. The predicted octanol–water partition coefficient (Wildman–Crippen LogP) is 0.865. The molecule has 6 nitrogen and oxygen atoms in total. The lowest BCUT2D eigenvalue weighted by molar-refractivity contribution is -0.133. The molecule has 156 valence electrons. The first kappa shape index (κ1) is 21.1. The summed E-state index contributed by atoms with van der Waals surface area (Å²) < 4.78 is 32.3. The van der Waals surface area contributed by atoms with Gasteiger partial charge in [0.25, 0.3) is 0 Å². The highest BCUT2D eigenvalue weighted by Gasteiger charge is 2.32. The predicted molar refractivity (Wildman–Crippen MR) is 101 cm³/mol. The molecule has 8 heteroatoms. The Bertz CT molecular complexity index is 681. The van der Waals surface area contributed by atoms with Crippen molar-refractivity contribution in [1.29, 1.82) is 0 Å². The van der Waals surface area contributed by atoms with Crippen molar-refractivity contribution in [2.75, 3.05) is 52.5 Å². The van der Waals surface area contributed by atoms with Crippen molar-refractivity contribution < 1.29 is 23.4 Å². The quantitative estimate of drug-likeness (QED) is 0.637. The van der Waals surface area contributed by atoms with Crippen molar-refractivity contribution in [3.8, 4) is 0 Å². The first-order valence-electron chi connectivity index (χ1n) is 9.91. The number of ether oxygens (including phenoxy) is 1. The number of amides is 1. The van der Waals surface area contributed by atoms with Crippen LogP contribution in [0.4, 0.5) is 8.78 Å². The van der Waals surface area contributed by atoms with Crippen LogP contribution >= 0.6 is 0 Å².